The van der Waals surface area contributed by atoms with Crippen LogP contribution in [-0.2, 0) is 58.4 Å². The van der Waals surface area contributed by atoms with Gasteiger partial charge in [-0.05, 0) is 12.1 Å². The Morgan fingerprint density at radius 2 is 1.00 bits per heavy atom. The molecular formula is C12H8N2Ru3. The SMILES string of the molecule is [Ru].[Ru].[Ru].c1cnc2c(c1)ccc1cccnc12. The predicted molar refractivity (Wildman–Crippen MR) is 57.0 cm³/mol. The molecule has 0 N–H and O–H groups in total. The molecule has 0 radical (unpaired) electrons. The molecule has 3 aromatic rings. The zero-order valence-electron chi connectivity index (χ0n) is 8.57. The van der Waals surface area contributed by atoms with Gasteiger partial charge in [0.15, 0.2) is 0 Å². The normalized spacial score (nSPS) is 8.94. The van der Waals surface area contributed by atoms with Gasteiger partial charge in [-0.1, -0.05) is 24.3 Å². The molecule has 17 heavy (non-hydrogen) atoms. The Morgan fingerprint density at radius 3 is 1.41 bits per heavy atom. The summed E-state index contributed by atoms with van der Waals surface area (Å²) in [4.78, 5) is 8.69. The number of nitrogens with zero attached hydrogens (tertiary/aromatic N) is 2. The maximum absolute atomic E-state index is 4.35. The van der Waals surface area contributed by atoms with Gasteiger partial charge < -0.3 is 0 Å². The van der Waals surface area contributed by atoms with Crippen LogP contribution in [0, 0.1) is 0 Å². The summed E-state index contributed by atoms with van der Waals surface area (Å²) < 4.78 is 0. The van der Waals surface area contributed by atoms with Crippen LogP contribution in [0.4, 0.5) is 0 Å². The molecule has 0 saturated heterocycles. The van der Waals surface area contributed by atoms with Gasteiger partial charge in [-0.15, -0.1) is 0 Å². The van der Waals surface area contributed by atoms with Gasteiger partial charge in [-0.2, -0.15) is 0 Å². The van der Waals surface area contributed by atoms with Crippen LogP contribution in [0.25, 0.3) is 21.8 Å². The van der Waals surface area contributed by atoms with Crippen LogP contribution in [0.15, 0.2) is 48.8 Å². The second-order valence-corrected chi connectivity index (χ2v) is 3.22. The van der Waals surface area contributed by atoms with Crippen molar-refractivity contribution in [2.75, 3.05) is 0 Å². The third-order valence-corrected chi connectivity index (χ3v) is 2.34. The molecule has 1 aromatic carbocycles. The summed E-state index contributed by atoms with van der Waals surface area (Å²) in [5.41, 5.74) is 1.95. The Balaban J connectivity index is 0.000000853. The number of hydrogen-bond donors (Lipinski definition) is 0. The van der Waals surface area contributed by atoms with Crippen molar-refractivity contribution in [2.24, 2.45) is 0 Å². The number of benzene rings is 1. The number of aromatic nitrogens is 2. The van der Waals surface area contributed by atoms with E-state index in [4.69, 9.17) is 0 Å². The van der Waals surface area contributed by atoms with Crippen molar-refractivity contribution in [3.8, 4) is 0 Å². The molecule has 0 fully saturated rings. The first-order valence-corrected chi connectivity index (χ1v) is 4.53. The van der Waals surface area contributed by atoms with Gasteiger partial charge in [0.05, 0.1) is 11.0 Å². The second-order valence-electron chi connectivity index (χ2n) is 3.22. The Bertz CT molecular complexity index is 559. The molecule has 0 spiro atoms. The minimum atomic E-state index is 0. The third kappa shape index (κ3) is 3.22. The van der Waals surface area contributed by atoms with E-state index >= 15 is 0 Å². The molecule has 90 valence electrons. The van der Waals surface area contributed by atoms with Crippen LogP contribution >= 0.6 is 0 Å². The number of pyridine rings is 2. The zero-order chi connectivity index (χ0) is 9.38. The first kappa shape index (κ1) is 16.9. The maximum atomic E-state index is 4.35. The van der Waals surface area contributed by atoms with Gasteiger partial charge >= 0.3 is 0 Å². The van der Waals surface area contributed by atoms with Crippen LogP contribution in [-0.4, -0.2) is 9.97 Å². The van der Waals surface area contributed by atoms with Crippen LogP contribution in [0.1, 0.15) is 0 Å². The first-order chi connectivity index (χ1) is 6.95. The van der Waals surface area contributed by atoms with Gasteiger partial charge in [0, 0.05) is 81.6 Å². The van der Waals surface area contributed by atoms with Crippen molar-refractivity contribution in [2.45, 2.75) is 0 Å². The maximum Gasteiger partial charge on any atom is 0.0964 e. The van der Waals surface area contributed by atoms with E-state index in [-0.39, 0.29) is 58.4 Å². The van der Waals surface area contributed by atoms with Crippen molar-refractivity contribution in [3.63, 3.8) is 0 Å². The molecule has 0 bridgehead atoms. The van der Waals surface area contributed by atoms with Crippen LogP contribution < -0.4 is 0 Å². The molecule has 0 aliphatic heterocycles. The number of rotatable bonds is 0. The minimum absolute atomic E-state index is 0. The van der Waals surface area contributed by atoms with E-state index in [1.807, 2.05) is 12.1 Å². The zero-order valence-corrected chi connectivity index (χ0v) is 13.8. The number of hydrogen-bond acceptors (Lipinski definition) is 2. The smallest absolute Gasteiger partial charge is 0.0964 e. The Kier molecular flexibility index (Phi) is 7.33. The molecule has 2 heterocycles. The molecular weight excluding hydrogens is 475 g/mol. The van der Waals surface area contributed by atoms with E-state index in [9.17, 15) is 0 Å². The molecule has 2 nitrogen and oxygen atoms in total. The summed E-state index contributed by atoms with van der Waals surface area (Å²) in [5.74, 6) is 0. The molecule has 0 amide bonds. The molecule has 0 aliphatic carbocycles. The van der Waals surface area contributed by atoms with Crippen molar-refractivity contribution < 1.29 is 58.4 Å². The van der Waals surface area contributed by atoms with Gasteiger partial charge in [0.1, 0.15) is 0 Å². The van der Waals surface area contributed by atoms with Crippen LogP contribution in [0.2, 0.25) is 0 Å². The van der Waals surface area contributed by atoms with E-state index in [1.165, 1.54) is 0 Å². The van der Waals surface area contributed by atoms with Crippen molar-refractivity contribution in [1.82, 2.24) is 9.97 Å². The molecule has 0 saturated carbocycles. The molecule has 5 heteroatoms. The quantitative estimate of drug-likeness (QED) is 0.363. The summed E-state index contributed by atoms with van der Waals surface area (Å²) in [6.45, 7) is 0. The second kappa shape index (κ2) is 7.37. The predicted octanol–water partition coefficient (Wildman–Crippen LogP) is 2.78. The first-order valence-electron chi connectivity index (χ1n) is 4.53. The number of fused-ring (bicyclic) bond motifs is 3. The third-order valence-electron chi connectivity index (χ3n) is 2.34. The molecule has 0 unspecified atom stereocenters. The van der Waals surface area contributed by atoms with E-state index in [0.29, 0.717) is 0 Å². The minimum Gasteiger partial charge on any atom is -0.254 e. The monoisotopic (exact) mass is 486 g/mol. The summed E-state index contributed by atoms with van der Waals surface area (Å²) in [6.07, 6.45) is 3.60. The van der Waals surface area contributed by atoms with Gasteiger partial charge in [0.2, 0.25) is 0 Å². The average Bonchev–Trinajstić information content (AvgIpc) is 2.29. The van der Waals surface area contributed by atoms with E-state index in [1.54, 1.807) is 12.4 Å². The van der Waals surface area contributed by atoms with Crippen LogP contribution in [0.3, 0.4) is 0 Å². The standard InChI is InChI=1S/C12H8N2.3Ru/c1-3-9-5-6-10-4-2-8-14-12(10)11(9)13-7-1;;;/h1-8H;;;. The van der Waals surface area contributed by atoms with Gasteiger partial charge in [-0.25, -0.2) is 0 Å². The Hall–Kier alpha value is -0.0899. The Morgan fingerprint density at radius 1 is 0.588 bits per heavy atom. The fourth-order valence-electron chi connectivity index (χ4n) is 1.68. The van der Waals surface area contributed by atoms with Crippen LogP contribution in [0.5, 0.6) is 0 Å². The fourth-order valence-corrected chi connectivity index (χ4v) is 1.68. The summed E-state index contributed by atoms with van der Waals surface area (Å²) in [5, 5.41) is 2.28. The molecule has 3 rings (SSSR count). The average molecular weight is 483 g/mol. The molecule has 0 aliphatic rings. The summed E-state index contributed by atoms with van der Waals surface area (Å²) in [7, 11) is 0. The summed E-state index contributed by atoms with van der Waals surface area (Å²) >= 11 is 0. The fraction of sp³-hybridized carbons (Fsp3) is 0. The van der Waals surface area contributed by atoms with Crippen molar-refractivity contribution in [3.05, 3.63) is 48.8 Å². The molecule has 0 atom stereocenters. The Labute approximate surface area is 138 Å². The van der Waals surface area contributed by atoms with E-state index in [0.717, 1.165) is 21.8 Å². The van der Waals surface area contributed by atoms with Gasteiger partial charge in [-0.3, -0.25) is 9.97 Å². The van der Waals surface area contributed by atoms with Crippen molar-refractivity contribution >= 4 is 21.8 Å². The summed E-state index contributed by atoms with van der Waals surface area (Å²) in [6, 6.07) is 12.1. The van der Waals surface area contributed by atoms with E-state index in [2.05, 4.69) is 34.2 Å². The van der Waals surface area contributed by atoms with Crippen molar-refractivity contribution in [1.29, 1.82) is 0 Å². The topological polar surface area (TPSA) is 25.8 Å². The van der Waals surface area contributed by atoms with Gasteiger partial charge in [0.25, 0.3) is 0 Å². The van der Waals surface area contributed by atoms with E-state index < -0.39 is 0 Å². The largest absolute Gasteiger partial charge is 0.254 e. The molecule has 2 aromatic heterocycles.